The quantitative estimate of drug-likeness (QED) is 0.855. The van der Waals surface area contributed by atoms with Gasteiger partial charge in [-0.2, -0.15) is 0 Å². The molecule has 1 heterocycles. The number of rotatable bonds is 4. The van der Waals surface area contributed by atoms with E-state index in [1.165, 1.54) is 11.3 Å². The summed E-state index contributed by atoms with van der Waals surface area (Å²) in [5.41, 5.74) is 0. The molecule has 1 amide bonds. The van der Waals surface area contributed by atoms with Crippen LogP contribution in [0, 0.1) is 0 Å². The number of halogens is 2. The summed E-state index contributed by atoms with van der Waals surface area (Å²) in [5.74, 6) is -0.107. The molecule has 0 bridgehead atoms. The first-order valence-electron chi connectivity index (χ1n) is 4.84. The Hall–Kier alpha value is 0.0900. The van der Waals surface area contributed by atoms with E-state index in [4.69, 9.17) is 0 Å². The monoisotopic (exact) mass is 369 g/mol. The summed E-state index contributed by atoms with van der Waals surface area (Å²) in [5, 5.41) is 12.0. The predicted octanol–water partition coefficient (Wildman–Crippen LogP) is 3.16. The van der Waals surface area contributed by atoms with Crippen LogP contribution in [0.5, 0.6) is 0 Å². The van der Waals surface area contributed by atoms with Gasteiger partial charge in [-0.05, 0) is 58.2 Å². The molecule has 0 fully saturated rings. The average Bonchev–Trinajstić information content (AvgIpc) is 2.45. The first kappa shape index (κ1) is 14.2. The molecule has 1 aromatic heterocycles. The lowest BCUT2D eigenvalue weighted by atomic mass is 10.1. The van der Waals surface area contributed by atoms with Crippen molar-refractivity contribution in [3.05, 3.63) is 19.2 Å². The molecule has 0 radical (unpaired) electrons. The number of hydrogen-bond acceptors (Lipinski definition) is 3. The maximum Gasteiger partial charge on any atom is 0.261 e. The third-order valence-electron chi connectivity index (χ3n) is 1.94. The van der Waals surface area contributed by atoms with E-state index >= 15 is 0 Å². The lowest BCUT2D eigenvalue weighted by Crippen LogP contribution is -2.34. The number of nitrogens with one attached hydrogen (secondary N) is 1. The van der Waals surface area contributed by atoms with Crippen LogP contribution in [0.4, 0.5) is 0 Å². The summed E-state index contributed by atoms with van der Waals surface area (Å²) in [6, 6.07) is 1.74. The summed E-state index contributed by atoms with van der Waals surface area (Å²) < 4.78 is 1.78. The SMILES string of the molecule is CC(O)CC(C)NC(=O)c1cc(Br)c(Br)s1. The summed E-state index contributed by atoms with van der Waals surface area (Å²) in [7, 11) is 0. The third-order valence-corrected chi connectivity index (χ3v) is 5.20. The van der Waals surface area contributed by atoms with Crippen LogP contribution in [-0.2, 0) is 0 Å². The number of aliphatic hydroxyl groups is 1. The van der Waals surface area contributed by atoms with Gasteiger partial charge in [0, 0.05) is 10.5 Å². The summed E-state index contributed by atoms with van der Waals surface area (Å²) in [6.07, 6.45) is 0.150. The van der Waals surface area contributed by atoms with Crippen molar-refractivity contribution >= 4 is 49.1 Å². The number of thiophene rings is 1. The molecule has 0 aliphatic heterocycles. The van der Waals surface area contributed by atoms with E-state index in [2.05, 4.69) is 37.2 Å². The molecular formula is C10H13Br2NO2S. The van der Waals surface area contributed by atoms with Gasteiger partial charge in [-0.3, -0.25) is 4.79 Å². The minimum Gasteiger partial charge on any atom is -0.393 e. The lowest BCUT2D eigenvalue weighted by molar-refractivity contribution is 0.0927. The fraction of sp³-hybridized carbons (Fsp3) is 0.500. The number of carbonyl (C=O) groups excluding carboxylic acids is 1. The van der Waals surface area contributed by atoms with Gasteiger partial charge in [0.2, 0.25) is 0 Å². The molecular weight excluding hydrogens is 358 g/mol. The van der Waals surface area contributed by atoms with Crippen molar-refractivity contribution in [2.24, 2.45) is 0 Å². The van der Waals surface area contributed by atoms with E-state index in [-0.39, 0.29) is 11.9 Å². The molecule has 3 nitrogen and oxygen atoms in total. The zero-order valence-corrected chi connectivity index (χ0v) is 12.9. The van der Waals surface area contributed by atoms with Crippen LogP contribution in [0.3, 0.4) is 0 Å². The second-order valence-electron chi connectivity index (χ2n) is 3.69. The fourth-order valence-electron chi connectivity index (χ4n) is 1.32. The van der Waals surface area contributed by atoms with Crippen molar-refractivity contribution in [3.63, 3.8) is 0 Å². The van der Waals surface area contributed by atoms with Crippen molar-refractivity contribution in [1.82, 2.24) is 5.32 Å². The maximum absolute atomic E-state index is 11.8. The van der Waals surface area contributed by atoms with Crippen LogP contribution in [0.15, 0.2) is 14.3 Å². The zero-order chi connectivity index (χ0) is 12.3. The zero-order valence-electron chi connectivity index (χ0n) is 8.96. The van der Waals surface area contributed by atoms with Crippen molar-refractivity contribution in [3.8, 4) is 0 Å². The molecule has 0 aliphatic rings. The van der Waals surface area contributed by atoms with Crippen LogP contribution in [0.1, 0.15) is 29.9 Å². The van der Waals surface area contributed by atoms with Gasteiger partial charge in [-0.1, -0.05) is 0 Å². The Kier molecular flexibility index (Phi) is 5.43. The van der Waals surface area contributed by atoms with Gasteiger partial charge in [0.25, 0.3) is 5.91 Å². The molecule has 2 unspecified atom stereocenters. The van der Waals surface area contributed by atoms with Gasteiger partial charge in [-0.25, -0.2) is 0 Å². The molecule has 2 N–H and O–H groups in total. The first-order chi connectivity index (χ1) is 7.40. The molecule has 0 aromatic carbocycles. The van der Waals surface area contributed by atoms with Crippen LogP contribution in [0.25, 0.3) is 0 Å². The topological polar surface area (TPSA) is 49.3 Å². The van der Waals surface area contributed by atoms with Gasteiger partial charge in [0.1, 0.15) is 0 Å². The van der Waals surface area contributed by atoms with Gasteiger partial charge >= 0.3 is 0 Å². The van der Waals surface area contributed by atoms with E-state index in [0.29, 0.717) is 11.3 Å². The van der Waals surface area contributed by atoms with Crippen molar-refractivity contribution in [2.45, 2.75) is 32.4 Å². The van der Waals surface area contributed by atoms with E-state index in [0.717, 1.165) is 8.26 Å². The number of amides is 1. The molecule has 0 aliphatic carbocycles. The highest BCUT2D eigenvalue weighted by Crippen LogP contribution is 2.32. The Labute approximate surface area is 116 Å². The molecule has 6 heteroatoms. The molecule has 1 rings (SSSR count). The maximum atomic E-state index is 11.8. The Morgan fingerprint density at radius 2 is 2.19 bits per heavy atom. The van der Waals surface area contributed by atoms with Crippen molar-refractivity contribution < 1.29 is 9.90 Å². The van der Waals surface area contributed by atoms with Gasteiger partial charge in [0.15, 0.2) is 0 Å². The van der Waals surface area contributed by atoms with Crippen LogP contribution >= 0.6 is 43.2 Å². The molecule has 0 saturated carbocycles. The highest BCUT2D eigenvalue weighted by Gasteiger charge is 2.15. The van der Waals surface area contributed by atoms with Crippen molar-refractivity contribution in [1.29, 1.82) is 0 Å². The molecule has 90 valence electrons. The normalized spacial score (nSPS) is 14.6. The van der Waals surface area contributed by atoms with Crippen molar-refractivity contribution in [2.75, 3.05) is 0 Å². The van der Waals surface area contributed by atoms with Gasteiger partial charge in [0.05, 0.1) is 14.8 Å². The molecule has 16 heavy (non-hydrogen) atoms. The Morgan fingerprint density at radius 1 is 1.56 bits per heavy atom. The largest absolute Gasteiger partial charge is 0.393 e. The summed E-state index contributed by atoms with van der Waals surface area (Å²) in [4.78, 5) is 12.4. The number of hydrogen-bond donors (Lipinski definition) is 2. The average molecular weight is 371 g/mol. The molecule has 2 atom stereocenters. The second-order valence-corrected chi connectivity index (χ2v) is 6.92. The van der Waals surface area contributed by atoms with Gasteiger partial charge in [-0.15, -0.1) is 11.3 Å². The predicted molar refractivity (Wildman–Crippen MR) is 72.9 cm³/mol. The Morgan fingerprint density at radius 3 is 2.62 bits per heavy atom. The summed E-state index contributed by atoms with van der Waals surface area (Å²) in [6.45, 7) is 3.59. The summed E-state index contributed by atoms with van der Waals surface area (Å²) >= 11 is 8.06. The smallest absolute Gasteiger partial charge is 0.261 e. The molecule has 0 saturated heterocycles. The van der Waals surface area contributed by atoms with E-state index < -0.39 is 6.10 Å². The Bertz CT molecular complexity index is 359. The minimum atomic E-state index is -0.405. The second kappa shape index (κ2) is 6.14. The van der Waals surface area contributed by atoms with Crippen LogP contribution in [0.2, 0.25) is 0 Å². The van der Waals surface area contributed by atoms with E-state index in [1.54, 1.807) is 13.0 Å². The van der Waals surface area contributed by atoms with E-state index in [9.17, 15) is 9.90 Å². The Balaban J connectivity index is 2.58. The number of carbonyl (C=O) groups is 1. The number of aliphatic hydroxyl groups excluding tert-OH is 1. The standard InChI is InChI=1S/C10H13Br2NO2S/c1-5(3-6(2)14)13-10(15)8-4-7(11)9(12)16-8/h4-6,14H,3H2,1-2H3,(H,13,15). The third kappa shape index (κ3) is 4.16. The highest BCUT2D eigenvalue weighted by molar-refractivity contribution is 9.13. The van der Waals surface area contributed by atoms with Crippen LogP contribution in [-0.4, -0.2) is 23.2 Å². The first-order valence-corrected chi connectivity index (χ1v) is 7.24. The molecule has 0 spiro atoms. The van der Waals surface area contributed by atoms with Gasteiger partial charge < -0.3 is 10.4 Å². The fourth-order valence-corrected chi connectivity index (χ4v) is 3.26. The van der Waals surface area contributed by atoms with E-state index in [1.807, 2.05) is 6.92 Å². The lowest BCUT2D eigenvalue weighted by Gasteiger charge is -2.14. The van der Waals surface area contributed by atoms with Crippen LogP contribution < -0.4 is 5.32 Å². The molecule has 1 aromatic rings. The minimum absolute atomic E-state index is 0.0350. The highest BCUT2D eigenvalue weighted by atomic mass is 79.9.